The molecule has 0 amide bonds. The molecule has 87 heavy (non-hydrogen) atoms. The minimum atomic E-state index is -2.42. The number of aliphatic hydroxyl groups is 8. The maximum atomic E-state index is 7.96. The van der Waals surface area contributed by atoms with Gasteiger partial charge < -0.3 is 117 Å². The minimum absolute atomic E-state index is 0. The van der Waals surface area contributed by atoms with Crippen LogP contribution in [-0.4, -0.2) is 146 Å². The molecule has 34 heteroatoms. The van der Waals surface area contributed by atoms with Gasteiger partial charge in [0, 0.05) is 135 Å². The molecule has 4 radical (unpaired) electrons. The number of rotatable bonds is 18. The Morgan fingerprint density at radius 3 is 0.724 bits per heavy atom. The van der Waals surface area contributed by atoms with E-state index in [1.165, 1.54) is 47.2 Å². The van der Waals surface area contributed by atoms with Gasteiger partial charge in [0.05, 0.1) is 0 Å². The molecule has 0 aliphatic heterocycles. The number of nitrogens with zero attached hydrogens (tertiary/aromatic N) is 6. The first-order valence-electron chi connectivity index (χ1n) is 23.4. The van der Waals surface area contributed by atoms with Gasteiger partial charge in [-0.1, -0.05) is 24.3 Å². The van der Waals surface area contributed by atoms with Crippen molar-refractivity contribution in [2.45, 2.75) is 70.4 Å². The summed E-state index contributed by atoms with van der Waals surface area (Å²) in [7, 11) is 8.96. The third-order valence-electron chi connectivity index (χ3n) is 9.58. The molecule has 0 unspecified atom stereocenters. The van der Waals surface area contributed by atoms with Crippen molar-refractivity contribution < 1.29 is 154 Å². The van der Waals surface area contributed by atoms with Crippen LogP contribution in [0, 0.1) is 0 Å². The summed E-state index contributed by atoms with van der Waals surface area (Å²) in [5.74, 6) is 0. The van der Waals surface area contributed by atoms with E-state index in [4.69, 9.17) is 67.4 Å². The van der Waals surface area contributed by atoms with Gasteiger partial charge in [-0.2, -0.15) is 0 Å². The first kappa shape index (κ1) is 114. The summed E-state index contributed by atoms with van der Waals surface area (Å²) in [6.07, 6.45) is 26.6. The standard InChI is InChI=1S/2C13H13N2.2C10H17NO3Si.C3H8O4.2C2H6O2.8H2N.4Rh/c2*1-15-10-6-13(7-11-15)3-2-12-4-8-14-9-5-12;2*1-12-15(13-2,14-3)9-6-10-4-7-11-8-5-10;4-2(5)1-3(6)7;2*1-2(3)4;;;;;;;;;;;;/h2*2-11H,1H3;2*4-5,7-8H,6,9H2,1-3H3;2-7H,1H2;2*2-4H,1H3;8*1H2;;;;/q2*+1;;;;;;8*-1;4*+2/b2*3-2+;;;;;;;;;;;;;;;;;. The summed E-state index contributed by atoms with van der Waals surface area (Å²) in [5, 5.41) is 62.3. The molecular weight excluding hydrogens is 1520 g/mol. The Hall–Kier alpha value is -3.57. The van der Waals surface area contributed by atoms with Gasteiger partial charge in [0.2, 0.25) is 0 Å². The van der Waals surface area contributed by atoms with Crippen LogP contribution in [0.5, 0.6) is 0 Å². The average Bonchev–Trinajstić information content (AvgIpc) is 3.41. The van der Waals surface area contributed by atoms with E-state index < -0.39 is 49.2 Å². The van der Waals surface area contributed by atoms with Crippen molar-refractivity contribution in [2.75, 3.05) is 42.7 Å². The van der Waals surface area contributed by atoms with E-state index >= 15 is 0 Å². The van der Waals surface area contributed by atoms with E-state index in [0.29, 0.717) is 0 Å². The molecule has 0 atom stereocenters. The van der Waals surface area contributed by atoms with Crippen LogP contribution in [0.4, 0.5) is 0 Å². The summed E-state index contributed by atoms with van der Waals surface area (Å²) in [5.41, 5.74) is 7.16. The van der Waals surface area contributed by atoms with E-state index in [0.717, 1.165) is 24.9 Å². The zero-order valence-electron chi connectivity index (χ0n) is 50.7. The van der Waals surface area contributed by atoms with Crippen LogP contribution in [-0.2, 0) is 131 Å². The Labute approximate surface area is 569 Å². The Kier molecular flexibility index (Phi) is 93.9. The average molecular weight is 1620 g/mol. The van der Waals surface area contributed by atoms with Crippen molar-refractivity contribution in [1.29, 1.82) is 0 Å². The van der Waals surface area contributed by atoms with Crippen LogP contribution in [0.15, 0.2) is 147 Å². The first-order valence-corrected chi connectivity index (χ1v) is 27.3. The molecule has 0 bridgehead atoms. The summed E-state index contributed by atoms with van der Waals surface area (Å²) >= 11 is 0. The summed E-state index contributed by atoms with van der Waals surface area (Å²) in [4.78, 5) is 15.9. The Bertz CT molecular complexity index is 2150. The Morgan fingerprint density at radius 1 is 0.368 bits per heavy atom. The Balaban J connectivity index is -0.0000000678. The first-order chi connectivity index (χ1) is 35.8. The number of hydrogen-bond acceptors (Lipinski definition) is 18. The number of aliphatic hydroxyl groups excluding tert-OH is 4. The molecule has 6 heterocycles. The van der Waals surface area contributed by atoms with Crippen LogP contribution in [0.1, 0.15) is 53.6 Å². The molecule has 0 aliphatic carbocycles. The van der Waals surface area contributed by atoms with E-state index in [-0.39, 0.29) is 127 Å². The molecule has 0 saturated heterocycles. The van der Waals surface area contributed by atoms with Crippen molar-refractivity contribution in [1.82, 2.24) is 19.9 Å². The van der Waals surface area contributed by atoms with Crippen molar-refractivity contribution in [3.8, 4) is 0 Å². The zero-order valence-corrected chi connectivity index (χ0v) is 59.2. The van der Waals surface area contributed by atoms with Gasteiger partial charge in [-0.05, 0) is 109 Å². The molecule has 0 aromatic carbocycles. The third-order valence-corrected chi connectivity index (χ3v) is 15.0. The smallest absolute Gasteiger partial charge is 0.693 e. The maximum absolute atomic E-state index is 7.96. The molecule has 28 nitrogen and oxygen atoms in total. The molecule has 6 rings (SSSR count). The molecule has 0 aliphatic rings. The van der Waals surface area contributed by atoms with Gasteiger partial charge in [0.25, 0.3) is 0 Å². The minimum Gasteiger partial charge on any atom is -0.693 e. The monoisotopic (exact) mass is 1620 g/mol. The molecule has 24 N–H and O–H groups in total. The van der Waals surface area contributed by atoms with Crippen LogP contribution in [0.2, 0.25) is 12.1 Å². The third kappa shape index (κ3) is 62.4. The number of pyridine rings is 6. The summed E-state index contributed by atoms with van der Waals surface area (Å²) < 4.78 is 36.1. The van der Waals surface area contributed by atoms with Crippen molar-refractivity contribution in [3.63, 3.8) is 0 Å². The van der Waals surface area contributed by atoms with Crippen LogP contribution >= 0.6 is 0 Å². The predicted molar refractivity (Wildman–Crippen MR) is 332 cm³/mol. The van der Waals surface area contributed by atoms with Gasteiger partial charge in [0.15, 0.2) is 37.4 Å². The zero-order chi connectivity index (χ0) is 56.3. The van der Waals surface area contributed by atoms with Gasteiger partial charge in [-0.15, -0.1) is 0 Å². The number of nitrogens with two attached hydrogens (primary N) is 8. The van der Waals surface area contributed by atoms with Gasteiger partial charge >= 0.3 is 95.5 Å². The molecule has 0 spiro atoms. The molecule has 6 aromatic heterocycles. The normalized spacial score (nSPS) is 9.45. The van der Waals surface area contributed by atoms with E-state index in [1.54, 1.807) is 92.2 Å². The van der Waals surface area contributed by atoms with E-state index in [2.05, 4.69) is 68.5 Å². The van der Waals surface area contributed by atoms with Gasteiger partial charge in [0.1, 0.15) is 26.7 Å². The molecular formula is C53H96N14O14Rh4Si2+2. The number of aryl methyl sites for hydroxylation is 4. The van der Waals surface area contributed by atoms with Crippen molar-refractivity contribution in [2.24, 2.45) is 14.1 Å². The molecule has 0 fully saturated rings. The predicted octanol–water partition coefficient (Wildman–Crippen LogP) is 9.52. The van der Waals surface area contributed by atoms with E-state index in [1.807, 2.05) is 96.5 Å². The van der Waals surface area contributed by atoms with Gasteiger partial charge in [-0.25, -0.2) is 9.13 Å². The second-order valence-corrected chi connectivity index (χ2v) is 21.8. The summed E-state index contributed by atoms with van der Waals surface area (Å²) in [6, 6.07) is 25.8. The Morgan fingerprint density at radius 2 is 0.552 bits per heavy atom. The van der Waals surface area contributed by atoms with Crippen molar-refractivity contribution in [3.05, 3.63) is 230 Å². The fourth-order valence-electron chi connectivity index (χ4n) is 5.58. The van der Waals surface area contributed by atoms with Gasteiger partial charge in [-0.3, -0.25) is 19.9 Å². The quantitative estimate of drug-likeness (QED) is 0.0225. The molecule has 0 saturated carbocycles. The van der Waals surface area contributed by atoms with Crippen LogP contribution < -0.4 is 9.13 Å². The van der Waals surface area contributed by atoms with Crippen LogP contribution in [0.3, 0.4) is 0 Å². The fraction of sp³-hybridized carbons (Fsp3) is 0.358. The summed E-state index contributed by atoms with van der Waals surface area (Å²) in [6.45, 7) is 2.56. The second kappa shape index (κ2) is 71.5. The molecule has 6 aromatic rings. The fourth-order valence-corrected chi connectivity index (χ4v) is 8.99. The topological polar surface area (TPSA) is 545 Å². The SMILES string of the molecule is CC(O)O.CC(O)O.CO[Si](CCc1ccncc1)(OC)OC.CO[Si](CCc1ccncc1)(OC)OC.C[n+]1ccc(/C=C/c2ccncc2)cc1.C[n+]1ccc(/C=C/c2ccncc2)cc1.OC(O)CC(O)O.[NH2-].[NH2-].[NH2-].[NH2-].[NH2-].[NH2-].[NH2-].[NH2-].[Rh+2].[Rh+2].[Rh+2].[Rh+2]. The van der Waals surface area contributed by atoms with Crippen LogP contribution in [0.25, 0.3) is 73.5 Å². The second-order valence-electron chi connectivity index (χ2n) is 15.6. The molecule has 504 valence electrons. The van der Waals surface area contributed by atoms with Crippen molar-refractivity contribution >= 4 is 41.9 Å². The maximum Gasteiger partial charge on any atom is 2.00 e. The van der Waals surface area contributed by atoms with E-state index in [9.17, 15) is 0 Å². The largest absolute Gasteiger partial charge is 2.00 e. The number of aromatic nitrogens is 6. The number of hydrogen-bond donors (Lipinski definition) is 8.